The average Bonchev–Trinajstić information content (AvgIpc) is 2.96. The number of hydrogen-bond acceptors (Lipinski definition) is 8. The zero-order valence-corrected chi connectivity index (χ0v) is 14.1. The lowest BCUT2D eigenvalue weighted by Gasteiger charge is -2.53. The van der Waals surface area contributed by atoms with Gasteiger partial charge in [0, 0.05) is 23.8 Å². The summed E-state index contributed by atoms with van der Waals surface area (Å²) < 4.78 is 3.92. The molecule has 0 radical (unpaired) electrons. The molecule has 1 aromatic rings. The van der Waals surface area contributed by atoms with Gasteiger partial charge in [0.1, 0.15) is 16.8 Å². The Balaban J connectivity index is 1.61. The maximum absolute atomic E-state index is 12.2. The lowest BCUT2D eigenvalue weighted by atomic mass is 9.87. The molecule has 0 bridgehead atoms. The number of anilines is 1. The lowest BCUT2D eigenvalue weighted by Crippen LogP contribution is -2.73. The van der Waals surface area contributed by atoms with Crippen molar-refractivity contribution in [1.29, 1.82) is 0 Å². The first-order chi connectivity index (χ1) is 11.4. The highest BCUT2D eigenvalue weighted by molar-refractivity contribution is 8.00. The molecule has 3 atom stereocenters. The van der Waals surface area contributed by atoms with Gasteiger partial charge < -0.3 is 21.1 Å². The number of carbonyl (C=O) groups excluding carboxylic acids is 2. The third kappa shape index (κ3) is 2.73. The van der Waals surface area contributed by atoms with Crippen LogP contribution in [0.4, 0.5) is 5.13 Å². The minimum Gasteiger partial charge on any atom is -0.481 e. The molecule has 2 aliphatic rings. The van der Waals surface area contributed by atoms with E-state index in [0.717, 1.165) is 11.5 Å². The normalized spacial score (nSPS) is 28.7. The van der Waals surface area contributed by atoms with E-state index >= 15 is 0 Å². The van der Waals surface area contributed by atoms with Gasteiger partial charge in [-0.05, 0) is 0 Å². The van der Waals surface area contributed by atoms with Gasteiger partial charge in [-0.1, -0.05) is 6.08 Å². The predicted molar refractivity (Wildman–Crippen MR) is 88.2 cm³/mol. The minimum absolute atomic E-state index is 0.0550. The first-order valence-electron chi connectivity index (χ1n) is 7.03. The molecule has 2 fully saturated rings. The molecule has 2 unspecified atom stereocenters. The number of carboxylic acids is 1. The van der Waals surface area contributed by atoms with Gasteiger partial charge in [0.25, 0.3) is 0 Å². The highest BCUT2D eigenvalue weighted by Crippen LogP contribution is 2.42. The second-order valence-corrected chi connectivity index (χ2v) is 7.49. The molecule has 9 nitrogen and oxygen atoms in total. The van der Waals surface area contributed by atoms with Crippen molar-refractivity contribution in [3.63, 3.8) is 0 Å². The van der Waals surface area contributed by atoms with Crippen LogP contribution >= 0.6 is 23.3 Å². The molecule has 3 heterocycles. The molecule has 2 amide bonds. The maximum atomic E-state index is 12.2. The number of thioether (sulfide) groups is 1. The molecular weight excluding hydrogens is 354 g/mol. The molecule has 2 saturated heterocycles. The number of rotatable bonds is 5. The van der Waals surface area contributed by atoms with Crippen molar-refractivity contribution in [1.82, 2.24) is 19.6 Å². The van der Waals surface area contributed by atoms with E-state index in [0.29, 0.717) is 11.6 Å². The molecule has 2 aliphatic heterocycles. The number of nitrogens with one attached hydrogen (secondary N) is 1. The Hall–Kier alpha value is -2.14. The molecule has 0 saturated carbocycles. The van der Waals surface area contributed by atoms with Crippen LogP contribution in [-0.2, 0) is 20.8 Å². The third-order valence-electron chi connectivity index (χ3n) is 4.04. The van der Waals surface area contributed by atoms with Crippen molar-refractivity contribution in [3.8, 4) is 0 Å². The second kappa shape index (κ2) is 6.06. The molecule has 24 heavy (non-hydrogen) atoms. The Labute approximate surface area is 145 Å². The van der Waals surface area contributed by atoms with Gasteiger partial charge in [0.2, 0.25) is 11.8 Å². The fourth-order valence-corrected chi connectivity index (χ4v) is 4.63. The fraction of sp³-hybridized carbons (Fsp3) is 0.462. The number of β-lactam (4-membered cyclic amide) rings is 1. The number of carbonyl (C=O) groups is 3. The van der Waals surface area contributed by atoms with Gasteiger partial charge >= 0.3 is 5.97 Å². The van der Waals surface area contributed by atoms with Crippen molar-refractivity contribution < 1.29 is 19.5 Å². The summed E-state index contributed by atoms with van der Waals surface area (Å²) in [6.07, 6.45) is 1.32. The van der Waals surface area contributed by atoms with E-state index < -0.39 is 17.4 Å². The van der Waals surface area contributed by atoms with Crippen LogP contribution in [0.2, 0.25) is 0 Å². The van der Waals surface area contributed by atoms with Crippen LogP contribution in [0.3, 0.4) is 0 Å². The van der Waals surface area contributed by atoms with Crippen molar-refractivity contribution in [2.24, 2.45) is 5.41 Å². The fourth-order valence-electron chi connectivity index (χ4n) is 2.64. The van der Waals surface area contributed by atoms with Crippen molar-refractivity contribution in [3.05, 3.63) is 18.5 Å². The summed E-state index contributed by atoms with van der Waals surface area (Å²) in [7, 11) is 0. The standard InChI is InChI=1S/C13H15N5O4S2/c1-2-13(11(21)22)4-18-9(20)8(10(18)23-5-13)16-7(19)3-6-15-12(14)24-17-6/h2,8,10H,1,3-5H2,(H,16,19)(H,21,22)(H2,14,15,17)/t8?,10-,13?/m1/s1. The van der Waals surface area contributed by atoms with E-state index in [4.69, 9.17) is 5.73 Å². The van der Waals surface area contributed by atoms with E-state index in [-0.39, 0.29) is 35.3 Å². The highest BCUT2D eigenvalue weighted by Gasteiger charge is 2.56. The number of nitrogen functional groups attached to an aromatic ring is 1. The van der Waals surface area contributed by atoms with E-state index in [2.05, 4.69) is 21.3 Å². The minimum atomic E-state index is -1.14. The van der Waals surface area contributed by atoms with Gasteiger partial charge in [-0.25, -0.2) is 4.98 Å². The van der Waals surface area contributed by atoms with E-state index in [1.54, 1.807) is 0 Å². The summed E-state index contributed by atoms with van der Waals surface area (Å²) in [6.45, 7) is 3.65. The average molecular weight is 369 g/mol. The summed E-state index contributed by atoms with van der Waals surface area (Å²) in [5, 5.41) is 12.0. The molecule has 0 spiro atoms. The molecule has 0 aliphatic carbocycles. The summed E-state index contributed by atoms with van der Waals surface area (Å²) in [5.74, 6) is -1.05. The third-order valence-corrected chi connectivity index (χ3v) is 6.17. The molecule has 4 N–H and O–H groups in total. The summed E-state index contributed by atoms with van der Waals surface area (Å²) in [4.78, 5) is 41.1. The number of aliphatic carboxylic acids is 1. The number of nitrogens with two attached hydrogens (primary N) is 1. The van der Waals surface area contributed by atoms with Crippen LogP contribution in [0, 0.1) is 5.41 Å². The van der Waals surface area contributed by atoms with Crippen LogP contribution in [0.5, 0.6) is 0 Å². The van der Waals surface area contributed by atoms with Gasteiger partial charge in [0.05, 0.1) is 6.42 Å². The van der Waals surface area contributed by atoms with Crippen molar-refractivity contribution >= 4 is 46.2 Å². The molecule has 1 aromatic heterocycles. The van der Waals surface area contributed by atoms with Gasteiger partial charge in [-0.3, -0.25) is 14.4 Å². The quantitative estimate of drug-likeness (QED) is 0.458. The molecule has 0 aromatic carbocycles. The van der Waals surface area contributed by atoms with Gasteiger partial charge in [-0.2, -0.15) is 4.37 Å². The van der Waals surface area contributed by atoms with Gasteiger partial charge in [0.15, 0.2) is 11.0 Å². The van der Waals surface area contributed by atoms with E-state index in [1.807, 2.05) is 0 Å². The first kappa shape index (κ1) is 16.7. The maximum Gasteiger partial charge on any atom is 0.316 e. The number of nitrogens with zero attached hydrogens (tertiary/aromatic N) is 3. The number of carboxylic acid groups (broad SMARTS) is 1. The van der Waals surface area contributed by atoms with Crippen molar-refractivity contribution in [2.75, 3.05) is 18.0 Å². The molecule has 128 valence electrons. The SMILES string of the molecule is C=CC1(C(=O)O)CS[C@@H]2C(NC(=O)Cc3nsc(N)n3)C(=O)N2C1. The number of amides is 2. The molecule has 11 heteroatoms. The number of fused-ring (bicyclic) bond motifs is 1. The Kier molecular flexibility index (Phi) is 4.22. The highest BCUT2D eigenvalue weighted by atomic mass is 32.2. The molecule has 3 rings (SSSR count). The monoisotopic (exact) mass is 369 g/mol. The van der Waals surface area contributed by atoms with Crippen LogP contribution < -0.4 is 11.1 Å². The van der Waals surface area contributed by atoms with Crippen LogP contribution in [0.15, 0.2) is 12.7 Å². The summed E-state index contributed by atoms with van der Waals surface area (Å²) >= 11 is 2.33. The second-order valence-electron chi connectivity index (χ2n) is 5.60. The lowest BCUT2D eigenvalue weighted by molar-refractivity contribution is -0.156. The van der Waals surface area contributed by atoms with E-state index in [9.17, 15) is 19.5 Å². The first-order valence-corrected chi connectivity index (χ1v) is 8.85. The Bertz CT molecular complexity index is 723. The predicted octanol–water partition coefficient (Wildman–Crippen LogP) is -0.680. The van der Waals surface area contributed by atoms with Crippen LogP contribution in [0.25, 0.3) is 0 Å². The topological polar surface area (TPSA) is 139 Å². The number of hydrogen-bond donors (Lipinski definition) is 3. The Morgan fingerprint density at radius 2 is 2.33 bits per heavy atom. The Morgan fingerprint density at radius 1 is 1.58 bits per heavy atom. The number of aromatic nitrogens is 2. The summed E-state index contributed by atoms with van der Waals surface area (Å²) in [5.41, 5.74) is 4.31. The molecular formula is C13H15N5O4S2. The van der Waals surface area contributed by atoms with Gasteiger partial charge in [-0.15, -0.1) is 18.3 Å². The zero-order chi connectivity index (χ0) is 17.5. The largest absolute Gasteiger partial charge is 0.481 e. The van der Waals surface area contributed by atoms with Crippen LogP contribution in [0.1, 0.15) is 5.82 Å². The van der Waals surface area contributed by atoms with Crippen molar-refractivity contribution in [2.45, 2.75) is 17.8 Å². The smallest absolute Gasteiger partial charge is 0.316 e. The van der Waals surface area contributed by atoms with Crippen LogP contribution in [-0.4, -0.2) is 60.9 Å². The van der Waals surface area contributed by atoms with E-state index in [1.165, 1.54) is 22.7 Å². The summed E-state index contributed by atoms with van der Waals surface area (Å²) in [6, 6.07) is -0.657. The zero-order valence-electron chi connectivity index (χ0n) is 12.5. The Morgan fingerprint density at radius 3 is 2.92 bits per heavy atom.